The molecule has 0 bridgehead atoms. The number of aromatic nitrogens is 2. The van der Waals surface area contributed by atoms with Gasteiger partial charge in [0.05, 0.1) is 18.3 Å². The van der Waals surface area contributed by atoms with Gasteiger partial charge in [0.1, 0.15) is 0 Å². The molecule has 5 nitrogen and oxygen atoms in total. The van der Waals surface area contributed by atoms with E-state index >= 15 is 0 Å². The number of rotatable bonds is 7. The molecule has 0 fully saturated rings. The van der Waals surface area contributed by atoms with Crippen molar-refractivity contribution >= 4 is 5.97 Å². The van der Waals surface area contributed by atoms with Crippen LogP contribution in [-0.2, 0) is 11.2 Å². The summed E-state index contributed by atoms with van der Waals surface area (Å²) >= 11 is 0. The van der Waals surface area contributed by atoms with E-state index in [0.29, 0.717) is 18.1 Å². The first-order chi connectivity index (χ1) is 10.6. The maximum atomic E-state index is 11.9. The van der Waals surface area contributed by atoms with Crippen molar-refractivity contribution in [3.8, 4) is 5.88 Å². The van der Waals surface area contributed by atoms with Crippen molar-refractivity contribution in [2.45, 2.75) is 32.8 Å². The van der Waals surface area contributed by atoms with Gasteiger partial charge < -0.3 is 9.47 Å². The summed E-state index contributed by atoms with van der Waals surface area (Å²) in [6, 6.07) is 7.25. The molecule has 2 aromatic heterocycles. The van der Waals surface area contributed by atoms with Gasteiger partial charge in [-0.3, -0.25) is 4.98 Å². The average molecular weight is 300 g/mol. The van der Waals surface area contributed by atoms with Crippen molar-refractivity contribution in [1.82, 2.24) is 9.97 Å². The Morgan fingerprint density at radius 3 is 2.59 bits per heavy atom. The summed E-state index contributed by atoms with van der Waals surface area (Å²) < 4.78 is 10.7. The van der Waals surface area contributed by atoms with Crippen molar-refractivity contribution in [2.75, 3.05) is 6.61 Å². The van der Waals surface area contributed by atoms with E-state index in [1.807, 2.05) is 26.0 Å². The highest BCUT2D eigenvalue weighted by Crippen LogP contribution is 2.10. The monoisotopic (exact) mass is 300 g/mol. The van der Waals surface area contributed by atoms with Crippen LogP contribution in [0.1, 0.15) is 36.2 Å². The van der Waals surface area contributed by atoms with E-state index in [1.165, 1.54) is 11.8 Å². The maximum absolute atomic E-state index is 11.9. The molecule has 0 unspecified atom stereocenters. The normalized spacial score (nSPS) is 10.5. The van der Waals surface area contributed by atoms with Gasteiger partial charge in [0.2, 0.25) is 5.88 Å². The number of ether oxygens (including phenoxy) is 2. The van der Waals surface area contributed by atoms with Gasteiger partial charge in [0, 0.05) is 24.7 Å². The van der Waals surface area contributed by atoms with Gasteiger partial charge in [-0.05, 0) is 50.5 Å². The van der Waals surface area contributed by atoms with Crippen molar-refractivity contribution in [2.24, 2.45) is 0 Å². The number of hydrogen-bond donors (Lipinski definition) is 0. The molecular weight excluding hydrogens is 280 g/mol. The minimum absolute atomic E-state index is 0.0542. The Morgan fingerprint density at radius 1 is 1.18 bits per heavy atom. The molecule has 22 heavy (non-hydrogen) atoms. The second-order valence-electron chi connectivity index (χ2n) is 5.15. The van der Waals surface area contributed by atoms with E-state index in [2.05, 4.69) is 9.97 Å². The molecular formula is C17H20N2O3. The summed E-state index contributed by atoms with van der Waals surface area (Å²) in [5, 5.41) is 0. The fraction of sp³-hybridized carbons (Fsp3) is 0.353. The van der Waals surface area contributed by atoms with Gasteiger partial charge in [-0.15, -0.1) is 0 Å². The summed E-state index contributed by atoms with van der Waals surface area (Å²) in [7, 11) is 0. The molecule has 0 N–H and O–H groups in total. The second kappa shape index (κ2) is 8.12. The molecule has 0 saturated carbocycles. The molecule has 116 valence electrons. The number of carbonyl (C=O) groups excluding carboxylic acids is 1. The molecule has 0 aliphatic heterocycles. The number of hydrogen-bond acceptors (Lipinski definition) is 5. The van der Waals surface area contributed by atoms with E-state index in [1.54, 1.807) is 24.5 Å². The number of pyridine rings is 2. The fourth-order valence-electron chi connectivity index (χ4n) is 1.89. The highest BCUT2D eigenvalue weighted by atomic mass is 16.5. The fourth-order valence-corrected chi connectivity index (χ4v) is 1.89. The van der Waals surface area contributed by atoms with Crippen LogP contribution in [0, 0.1) is 0 Å². The molecule has 0 aliphatic carbocycles. The van der Waals surface area contributed by atoms with Crippen molar-refractivity contribution in [3.05, 3.63) is 54.0 Å². The van der Waals surface area contributed by atoms with Crippen molar-refractivity contribution < 1.29 is 14.3 Å². The third-order valence-electron chi connectivity index (χ3n) is 2.92. The van der Waals surface area contributed by atoms with Gasteiger partial charge >= 0.3 is 5.97 Å². The molecule has 2 aromatic rings. The third-order valence-corrected chi connectivity index (χ3v) is 2.92. The van der Waals surface area contributed by atoms with Gasteiger partial charge in [-0.1, -0.05) is 0 Å². The first-order valence-corrected chi connectivity index (χ1v) is 7.34. The van der Waals surface area contributed by atoms with Crippen LogP contribution in [0.3, 0.4) is 0 Å². The Kier molecular flexibility index (Phi) is 5.89. The SMILES string of the molecule is CC(C)Oc1ccc(C(=O)OCCCc2ccncc2)cn1. The summed E-state index contributed by atoms with van der Waals surface area (Å²) in [5.41, 5.74) is 1.61. The number of esters is 1. The zero-order chi connectivity index (χ0) is 15.8. The number of carbonyl (C=O) groups is 1. The zero-order valence-corrected chi connectivity index (χ0v) is 12.9. The van der Waals surface area contributed by atoms with Crippen LogP contribution < -0.4 is 4.74 Å². The van der Waals surface area contributed by atoms with E-state index in [9.17, 15) is 4.79 Å². The predicted molar refractivity (Wildman–Crippen MR) is 82.8 cm³/mol. The molecule has 0 radical (unpaired) electrons. The lowest BCUT2D eigenvalue weighted by molar-refractivity contribution is 0.0500. The van der Waals surface area contributed by atoms with E-state index in [4.69, 9.17) is 9.47 Å². The first kappa shape index (κ1) is 15.9. The summed E-state index contributed by atoms with van der Waals surface area (Å²) in [4.78, 5) is 19.9. The third kappa shape index (κ3) is 5.16. The van der Waals surface area contributed by atoms with Crippen LogP contribution in [0.4, 0.5) is 0 Å². The van der Waals surface area contributed by atoms with Crippen LogP contribution in [-0.4, -0.2) is 28.6 Å². The van der Waals surface area contributed by atoms with Crippen molar-refractivity contribution in [1.29, 1.82) is 0 Å². The molecule has 5 heteroatoms. The van der Waals surface area contributed by atoms with Crippen LogP contribution in [0.25, 0.3) is 0 Å². The zero-order valence-electron chi connectivity index (χ0n) is 12.9. The van der Waals surface area contributed by atoms with Gasteiger partial charge in [0.15, 0.2) is 0 Å². The Labute approximate surface area is 130 Å². The summed E-state index contributed by atoms with van der Waals surface area (Å²) in [6.45, 7) is 4.23. The lowest BCUT2D eigenvalue weighted by Crippen LogP contribution is -2.09. The topological polar surface area (TPSA) is 61.3 Å². The Bertz CT molecular complexity index is 583. The van der Waals surface area contributed by atoms with Gasteiger partial charge in [-0.2, -0.15) is 0 Å². The van der Waals surface area contributed by atoms with Crippen molar-refractivity contribution in [3.63, 3.8) is 0 Å². The Balaban J connectivity index is 1.75. The minimum Gasteiger partial charge on any atom is -0.475 e. The Hall–Kier alpha value is -2.43. The smallest absolute Gasteiger partial charge is 0.339 e. The molecule has 0 spiro atoms. The molecule has 2 heterocycles. The average Bonchev–Trinajstić information content (AvgIpc) is 2.52. The molecule has 0 amide bonds. The Morgan fingerprint density at radius 2 is 1.95 bits per heavy atom. The van der Waals surface area contributed by atoms with Gasteiger partial charge in [0.25, 0.3) is 0 Å². The lowest BCUT2D eigenvalue weighted by Gasteiger charge is -2.09. The van der Waals surface area contributed by atoms with Gasteiger partial charge in [-0.25, -0.2) is 9.78 Å². The standard InChI is InChI=1S/C17H20N2O3/c1-13(2)22-16-6-5-15(12-19-16)17(20)21-11-3-4-14-7-9-18-10-8-14/h5-10,12-13H,3-4,11H2,1-2H3. The van der Waals surface area contributed by atoms with Crippen LogP contribution in [0.15, 0.2) is 42.9 Å². The van der Waals surface area contributed by atoms with E-state index in [0.717, 1.165) is 12.8 Å². The van der Waals surface area contributed by atoms with Crippen LogP contribution in [0.2, 0.25) is 0 Å². The van der Waals surface area contributed by atoms with E-state index < -0.39 is 0 Å². The molecule has 0 atom stereocenters. The molecule has 0 aromatic carbocycles. The molecule has 0 aliphatic rings. The minimum atomic E-state index is -0.363. The summed E-state index contributed by atoms with van der Waals surface area (Å²) in [6.07, 6.45) is 6.68. The maximum Gasteiger partial charge on any atom is 0.339 e. The number of aryl methyl sites for hydroxylation is 1. The molecule has 2 rings (SSSR count). The summed E-state index contributed by atoms with van der Waals surface area (Å²) in [5.74, 6) is 0.141. The second-order valence-corrected chi connectivity index (χ2v) is 5.15. The van der Waals surface area contributed by atoms with Crippen LogP contribution >= 0.6 is 0 Å². The number of nitrogens with zero attached hydrogens (tertiary/aromatic N) is 2. The van der Waals surface area contributed by atoms with E-state index in [-0.39, 0.29) is 12.1 Å². The quantitative estimate of drug-likeness (QED) is 0.581. The highest BCUT2D eigenvalue weighted by Gasteiger charge is 2.08. The predicted octanol–water partition coefficient (Wildman–Crippen LogP) is 3.05. The largest absolute Gasteiger partial charge is 0.475 e. The van der Waals surface area contributed by atoms with Crippen LogP contribution in [0.5, 0.6) is 5.88 Å². The first-order valence-electron chi connectivity index (χ1n) is 7.34. The lowest BCUT2D eigenvalue weighted by atomic mass is 10.1. The highest BCUT2D eigenvalue weighted by molar-refractivity contribution is 5.89. The molecule has 0 saturated heterocycles.